The fraction of sp³-hybridized carbons (Fsp3) is 0.300. The minimum absolute atomic E-state index is 0. The number of benzene rings is 1. The van der Waals surface area contributed by atoms with E-state index in [1.165, 1.54) is 0 Å². The number of fused-ring (bicyclic) bond motifs is 1. The normalized spacial score (nSPS) is 22.2. The van der Waals surface area contributed by atoms with E-state index in [9.17, 15) is 9.18 Å². The van der Waals surface area contributed by atoms with Crippen molar-refractivity contribution in [2.24, 2.45) is 5.73 Å². The minimum atomic E-state index is -1.17. The van der Waals surface area contributed by atoms with Gasteiger partial charge in [0.1, 0.15) is 5.82 Å². The number of rotatable bonds is 2. The van der Waals surface area contributed by atoms with Gasteiger partial charge in [-0.3, -0.25) is 10.5 Å². The second kappa shape index (κ2) is 4.69. The van der Waals surface area contributed by atoms with Crippen LogP contribution in [-0.4, -0.2) is 6.47 Å². The molecule has 3 nitrogen and oxygen atoms in total. The standard InChI is InChI=1S/C10H9BrFNO2.ClH/c11-8-2-1-7-6(9(8)12)3-4-10(7,13)15-5-14;/h1-2,5H,3-4,13H2;1H/t10-;/m0./s1. The molecule has 2 rings (SSSR count). The number of hydrogen-bond acceptors (Lipinski definition) is 3. The van der Waals surface area contributed by atoms with Crippen molar-refractivity contribution in [1.29, 1.82) is 0 Å². The maximum absolute atomic E-state index is 13.6. The Morgan fingerprint density at radius 2 is 2.25 bits per heavy atom. The smallest absolute Gasteiger partial charge is 0.295 e. The van der Waals surface area contributed by atoms with Gasteiger partial charge >= 0.3 is 0 Å². The van der Waals surface area contributed by atoms with Gasteiger partial charge in [0, 0.05) is 12.0 Å². The summed E-state index contributed by atoms with van der Waals surface area (Å²) in [4.78, 5) is 10.3. The Morgan fingerprint density at radius 3 is 2.88 bits per heavy atom. The van der Waals surface area contributed by atoms with Crippen LogP contribution in [0.25, 0.3) is 0 Å². The van der Waals surface area contributed by atoms with Crippen molar-refractivity contribution in [1.82, 2.24) is 0 Å². The van der Waals surface area contributed by atoms with Gasteiger partial charge in [0.25, 0.3) is 6.47 Å². The van der Waals surface area contributed by atoms with Gasteiger partial charge in [-0.25, -0.2) is 4.39 Å². The van der Waals surface area contributed by atoms with Crippen LogP contribution in [0.5, 0.6) is 0 Å². The van der Waals surface area contributed by atoms with Crippen LogP contribution in [0.3, 0.4) is 0 Å². The first kappa shape index (κ1) is 13.4. The fourth-order valence-electron chi connectivity index (χ4n) is 1.89. The maximum atomic E-state index is 13.6. The molecule has 16 heavy (non-hydrogen) atoms. The van der Waals surface area contributed by atoms with Gasteiger partial charge in [0.05, 0.1) is 4.47 Å². The van der Waals surface area contributed by atoms with Gasteiger partial charge in [-0.1, -0.05) is 6.07 Å². The van der Waals surface area contributed by atoms with Crippen molar-refractivity contribution in [2.45, 2.75) is 18.6 Å². The molecule has 1 aromatic carbocycles. The molecule has 0 bridgehead atoms. The first-order valence-corrected chi connectivity index (χ1v) is 5.25. The van der Waals surface area contributed by atoms with E-state index >= 15 is 0 Å². The number of halogens is 3. The largest absolute Gasteiger partial charge is 0.442 e. The first-order valence-electron chi connectivity index (χ1n) is 4.46. The Labute approximate surface area is 107 Å². The summed E-state index contributed by atoms with van der Waals surface area (Å²) in [6, 6.07) is 3.24. The molecule has 2 N–H and O–H groups in total. The third-order valence-electron chi connectivity index (χ3n) is 2.66. The molecule has 1 aliphatic rings. The summed E-state index contributed by atoms with van der Waals surface area (Å²) in [6.07, 6.45) is 0.888. The van der Waals surface area contributed by atoms with E-state index in [2.05, 4.69) is 15.9 Å². The third kappa shape index (κ3) is 1.95. The lowest BCUT2D eigenvalue weighted by Gasteiger charge is -2.22. The molecule has 0 saturated carbocycles. The molecule has 0 aromatic heterocycles. The number of nitrogens with two attached hydrogens (primary N) is 1. The molecule has 88 valence electrons. The van der Waals surface area contributed by atoms with E-state index in [4.69, 9.17) is 10.5 Å². The zero-order chi connectivity index (χ0) is 11.1. The van der Waals surface area contributed by atoms with Gasteiger partial charge in [-0.2, -0.15) is 0 Å². The van der Waals surface area contributed by atoms with Crippen LogP contribution in [-0.2, 0) is 21.7 Å². The Hall–Kier alpha value is -0.650. The molecule has 0 saturated heterocycles. The summed E-state index contributed by atoms with van der Waals surface area (Å²) < 4.78 is 18.9. The first-order chi connectivity index (χ1) is 7.08. The second-order valence-corrected chi connectivity index (χ2v) is 4.35. The number of hydrogen-bond donors (Lipinski definition) is 1. The second-order valence-electron chi connectivity index (χ2n) is 3.49. The van der Waals surface area contributed by atoms with Crippen LogP contribution in [0.2, 0.25) is 0 Å². The Balaban J connectivity index is 0.00000128. The van der Waals surface area contributed by atoms with Crippen LogP contribution in [0.15, 0.2) is 16.6 Å². The van der Waals surface area contributed by atoms with Crippen molar-refractivity contribution in [3.8, 4) is 0 Å². The molecule has 0 amide bonds. The van der Waals surface area contributed by atoms with Crippen molar-refractivity contribution >= 4 is 34.8 Å². The molecular weight excluding hydrogens is 300 g/mol. The van der Waals surface area contributed by atoms with Gasteiger partial charge in [0.15, 0.2) is 5.72 Å². The summed E-state index contributed by atoms with van der Waals surface area (Å²) in [6.45, 7) is 0.301. The lowest BCUT2D eigenvalue weighted by atomic mass is 10.1. The number of carbonyl (C=O) groups excluding carboxylic acids is 1. The van der Waals surface area contributed by atoms with Crippen LogP contribution < -0.4 is 5.73 Å². The van der Waals surface area contributed by atoms with E-state index < -0.39 is 5.72 Å². The molecule has 0 fully saturated rings. The maximum Gasteiger partial charge on any atom is 0.295 e. The SMILES string of the molecule is Cl.N[C@]1(OC=O)CCc2c1ccc(Br)c2F. The van der Waals surface area contributed by atoms with Crippen LogP contribution in [0.1, 0.15) is 17.5 Å². The van der Waals surface area contributed by atoms with Crippen LogP contribution >= 0.6 is 28.3 Å². The highest BCUT2D eigenvalue weighted by molar-refractivity contribution is 9.10. The van der Waals surface area contributed by atoms with Crippen molar-refractivity contribution < 1.29 is 13.9 Å². The Morgan fingerprint density at radius 1 is 1.56 bits per heavy atom. The summed E-state index contributed by atoms with van der Waals surface area (Å²) >= 11 is 3.10. The summed E-state index contributed by atoms with van der Waals surface area (Å²) in [5.74, 6) is -0.325. The quantitative estimate of drug-likeness (QED) is 0.673. The predicted molar refractivity (Wildman–Crippen MR) is 62.7 cm³/mol. The van der Waals surface area contributed by atoms with E-state index in [1.807, 2.05) is 0 Å². The molecule has 0 unspecified atom stereocenters. The highest BCUT2D eigenvalue weighted by atomic mass is 79.9. The number of ether oxygens (including phenoxy) is 1. The van der Waals surface area contributed by atoms with Crippen LogP contribution in [0.4, 0.5) is 4.39 Å². The van der Waals surface area contributed by atoms with Gasteiger partial charge in [0.2, 0.25) is 0 Å². The van der Waals surface area contributed by atoms with E-state index in [-0.39, 0.29) is 18.2 Å². The van der Waals surface area contributed by atoms with Crippen molar-refractivity contribution in [2.75, 3.05) is 0 Å². The zero-order valence-electron chi connectivity index (χ0n) is 8.20. The Kier molecular flexibility index (Phi) is 3.93. The van der Waals surface area contributed by atoms with E-state index in [1.54, 1.807) is 12.1 Å². The summed E-state index contributed by atoms with van der Waals surface area (Å²) in [5, 5.41) is 0. The average Bonchev–Trinajstić information content (AvgIpc) is 2.51. The summed E-state index contributed by atoms with van der Waals surface area (Å²) in [5.41, 5.74) is 5.77. The van der Waals surface area contributed by atoms with Crippen molar-refractivity contribution in [3.63, 3.8) is 0 Å². The number of carbonyl (C=O) groups is 1. The molecule has 6 heteroatoms. The molecule has 1 aromatic rings. The Bertz CT molecular complexity index is 430. The van der Waals surface area contributed by atoms with Crippen LogP contribution in [0, 0.1) is 5.82 Å². The fourth-order valence-corrected chi connectivity index (χ4v) is 2.26. The topological polar surface area (TPSA) is 52.3 Å². The molecule has 1 aliphatic carbocycles. The minimum Gasteiger partial charge on any atom is -0.442 e. The summed E-state index contributed by atoms with van der Waals surface area (Å²) in [7, 11) is 0. The molecular formula is C10H10BrClFNO2. The van der Waals surface area contributed by atoms with Gasteiger partial charge in [-0.15, -0.1) is 12.4 Å². The lowest BCUT2D eigenvalue weighted by molar-refractivity contribution is -0.144. The molecule has 0 aliphatic heterocycles. The van der Waals surface area contributed by atoms with Gasteiger partial charge < -0.3 is 4.74 Å². The average molecular weight is 311 g/mol. The molecule has 0 heterocycles. The highest BCUT2D eigenvalue weighted by Gasteiger charge is 2.38. The zero-order valence-corrected chi connectivity index (χ0v) is 10.6. The van der Waals surface area contributed by atoms with E-state index in [0.717, 1.165) is 0 Å². The molecule has 0 radical (unpaired) electrons. The predicted octanol–water partition coefficient (Wildman–Crippen LogP) is 2.24. The molecule has 0 spiro atoms. The monoisotopic (exact) mass is 309 g/mol. The highest BCUT2D eigenvalue weighted by Crippen LogP contribution is 2.38. The lowest BCUT2D eigenvalue weighted by Crippen LogP contribution is -2.36. The van der Waals surface area contributed by atoms with Gasteiger partial charge in [-0.05, 0) is 34.0 Å². The van der Waals surface area contributed by atoms with E-state index in [0.29, 0.717) is 34.9 Å². The third-order valence-corrected chi connectivity index (χ3v) is 3.27. The van der Waals surface area contributed by atoms with Crippen molar-refractivity contribution in [3.05, 3.63) is 33.5 Å². The molecule has 1 atom stereocenters.